The largest absolute Gasteiger partial charge is 0.350 e. The first-order valence-corrected chi connectivity index (χ1v) is 9.66. The fraction of sp³-hybridized carbons (Fsp3) is 0.125. The molecule has 0 aromatic heterocycles. The summed E-state index contributed by atoms with van der Waals surface area (Å²) in [4.78, 5) is 39.0. The summed E-state index contributed by atoms with van der Waals surface area (Å²) in [7, 11) is 0. The molecule has 0 fully saturated rings. The van der Waals surface area contributed by atoms with E-state index in [1.807, 2.05) is 18.2 Å². The van der Waals surface area contributed by atoms with Crippen LogP contribution in [-0.2, 0) is 0 Å². The van der Waals surface area contributed by atoms with Gasteiger partial charge in [-0.15, -0.1) is 0 Å². The van der Waals surface area contributed by atoms with Gasteiger partial charge < -0.3 is 15.5 Å². The fourth-order valence-corrected chi connectivity index (χ4v) is 2.87. The quantitative estimate of drug-likeness (QED) is 0.570. The van der Waals surface area contributed by atoms with E-state index in [-0.39, 0.29) is 37.5 Å². The number of hydrogen-bond acceptors (Lipinski definition) is 3. The van der Waals surface area contributed by atoms with Crippen LogP contribution in [0.25, 0.3) is 0 Å². The lowest BCUT2D eigenvalue weighted by atomic mass is 10.2. The van der Waals surface area contributed by atoms with Gasteiger partial charge in [0.15, 0.2) is 0 Å². The van der Waals surface area contributed by atoms with Crippen LogP contribution in [0.3, 0.4) is 0 Å². The van der Waals surface area contributed by atoms with Crippen molar-refractivity contribution in [2.24, 2.45) is 0 Å². The first kappa shape index (κ1) is 20.8. The monoisotopic (exact) mass is 401 g/mol. The van der Waals surface area contributed by atoms with Crippen molar-refractivity contribution < 1.29 is 14.4 Å². The van der Waals surface area contributed by atoms with E-state index in [9.17, 15) is 14.4 Å². The van der Waals surface area contributed by atoms with E-state index < -0.39 is 0 Å². The lowest BCUT2D eigenvalue weighted by Crippen LogP contribution is -2.45. The van der Waals surface area contributed by atoms with Crippen molar-refractivity contribution in [3.8, 4) is 0 Å². The van der Waals surface area contributed by atoms with Crippen LogP contribution >= 0.6 is 0 Å². The Hall–Kier alpha value is -3.93. The van der Waals surface area contributed by atoms with Crippen LogP contribution in [0.15, 0.2) is 91.0 Å². The predicted molar refractivity (Wildman–Crippen MR) is 115 cm³/mol. The van der Waals surface area contributed by atoms with Crippen LogP contribution in [0.4, 0.5) is 0 Å². The molecule has 0 aliphatic carbocycles. The molecule has 2 N–H and O–H groups in total. The molecule has 6 nitrogen and oxygen atoms in total. The maximum Gasteiger partial charge on any atom is 0.255 e. The van der Waals surface area contributed by atoms with E-state index in [1.54, 1.807) is 72.8 Å². The molecule has 0 aliphatic rings. The molecule has 30 heavy (non-hydrogen) atoms. The molecule has 0 bridgehead atoms. The van der Waals surface area contributed by atoms with Crippen LogP contribution < -0.4 is 10.6 Å². The van der Waals surface area contributed by atoms with Gasteiger partial charge in [-0.25, -0.2) is 0 Å². The van der Waals surface area contributed by atoms with Gasteiger partial charge in [-0.05, 0) is 36.4 Å². The second-order valence-electron chi connectivity index (χ2n) is 6.59. The van der Waals surface area contributed by atoms with Crippen LogP contribution in [0.1, 0.15) is 31.1 Å². The fourth-order valence-electron chi connectivity index (χ4n) is 2.87. The molecular weight excluding hydrogens is 378 g/mol. The summed E-state index contributed by atoms with van der Waals surface area (Å²) in [6.45, 7) is 0.539. The molecule has 0 aliphatic heterocycles. The molecule has 3 rings (SSSR count). The van der Waals surface area contributed by atoms with E-state index in [4.69, 9.17) is 0 Å². The lowest BCUT2D eigenvalue weighted by Gasteiger charge is -2.23. The van der Waals surface area contributed by atoms with Gasteiger partial charge in [0.1, 0.15) is 0 Å². The smallest absolute Gasteiger partial charge is 0.255 e. The highest BCUT2D eigenvalue weighted by molar-refractivity contribution is 5.96. The molecule has 3 aromatic carbocycles. The summed E-state index contributed by atoms with van der Waals surface area (Å²) < 4.78 is 0. The van der Waals surface area contributed by atoms with Crippen LogP contribution in [-0.4, -0.2) is 42.4 Å². The molecule has 0 saturated heterocycles. The minimum Gasteiger partial charge on any atom is -0.350 e. The predicted octanol–water partition coefficient (Wildman–Crippen LogP) is 2.95. The Morgan fingerprint density at radius 1 is 0.600 bits per heavy atom. The Morgan fingerprint density at radius 3 is 1.53 bits per heavy atom. The molecule has 0 radical (unpaired) electrons. The van der Waals surface area contributed by atoms with E-state index in [0.29, 0.717) is 16.7 Å². The first-order chi connectivity index (χ1) is 14.6. The third-order valence-electron chi connectivity index (χ3n) is 4.48. The van der Waals surface area contributed by atoms with Crippen LogP contribution in [0, 0.1) is 0 Å². The molecule has 3 aromatic rings. The SMILES string of the molecule is O=C(NCCN(CNC(=O)c1ccccc1)C(=O)c1ccccc1)c1ccccc1. The number of benzene rings is 3. The number of carbonyl (C=O) groups is 3. The highest BCUT2D eigenvalue weighted by Gasteiger charge is 2.17. The standard InChI is InChI=1S/C24H23N3O3/c28-22(19-10-4-1-5-11-19)25-16-17-27(24(30)21-14-8-3-9-15-21)18-26-23(29)20-12-6-2-7-13-20/h1-15H,16-18H2,(H,25,28)(H,26,29). The normalized spacial score (nSPS) is 10.1. The summed E-state index contributed by atoms with van der Waals surface area (Å²) in [6, 6.07) is 26.5. The summed E-state index contributed by atoms with van der Waals surface area (Å²) in [5.41, 5.74) is 1.58. The number of amides is 3. The lowest BCUT2D eigenvalue weighted by molar-refractivity contribution is 0.0718. The summed E-state index contributed by atoms with van der Waals surface area (Å²) in [6.07, 6.45) is 0. The van der Waals surface area contributed by atoms with Crippen LogP contribution in [0.2, 0.25) is 0 Å². The van der Waals surface area contributed by atoms with Crippen molar-refractivity contribution in [1.29, 1.82) is 0 Å². The zero-order chi connectivity index (χ0) is 21.2. The molecule has 152 valence electrons. The van der Waals surface area contributed by atoms with Gasteiger partial charge in [0.25, 0.3) is 17.7 Å². The van der Waals surface area contributed by atoms with E-state index in [0.717, 1.165) is 0 Å². The molecule has 0 atom stereocenters. The maximum absolute atomic E-state index is 12.9. The third-order valence-corrected chi connectivity index (χ3v) is 4.48. The maximum atomic E-state index is 12.9. The minimum absolute atomic E-state index is 0.0304. The molecule has 3 amide bonds. The molecule has 0 heterocycles. The number of carbonyl (C=O) groups excluding carboxylic acids is 3. The second-order valence-corrected chi connectivity index (χ2v) is 6.59. The van der Waals surface area contributed by atoms with Crippen molar-refractivity contribution in [1.82, 2.24) is 15.5 Å². The molecular formula is C24H23N3O3. The average Bonchev–Trinajstić information content (AvgIpc) is 2.82. The zero-order valence-electron chi connectivity index (χ0n) is 16.5. The third kappa shape index (κ3) is 5.78. The topological polar surface area (TPSA) is 78.5 Å². The average molecular weight is 401 g/mol. The van der Waals surface area contributed by atoms with Gasteiger partial charge in [-0.3, -0.25) is 14.4 Å². The van der Waals surface area contributed by atoms with Crippen LogP contribution in [0.5, 0.6) is 0 Å². The number of hydrogen-bond donors (Lipinski definition) is 2. The molecule has 6 heteroatoms. The Labute approximate surface area is 175 Å². The van der Waals surface area contributed by atoms with Crippen molar-refractivity contribution >= 4 is 17.7 Å². The van der Waals surface area contributed by atoms with E-state index >= 15 is 0 Å². The summed E-state index contributed by atoms with van der Waals surface area (Å²) in [5.74, 6) is -0.705. The van der Waals surface area contributed by atoms with Crippen molar-refractivity contribution in [3.05, 3.63) is 108 Å². The molecule has 0 spiro atoms. The second kappa shape index (κ2) is 10.6. The summed E-state index contributed by atoms with van der Waals surface area (Å²) in [5, 5.41) is 5.58. The number of nitrogens with one attached hydrogen (secondary N) is 2. The Morgan fingerprint density at radius 2 is 1.03 bits per heavy atom. The van der Waals surface area contributed by atoms with Gasteiger partial charge in [0, 0.05) is 29.8 Å². The zero-order valence-corrected chi connectivity index (χ0v) is 16.5. The first-order valence-electron chi connectivity index (χ1n) is 9.66. The van der Waals surface area contributed by atoms with Crippen molar-refractivity contribution in [2.75, 3.05) is 19.8 Å². The highest BCUT2D eigenvalue weighted by Crippen LogP contribution is 2.05. The number of nitrogens with zero attached hydrogens (tertiary/aromatic N) is 1. The van der Waals surface area contributed by atoms with Gasteiger partial charge in [0.2, 0.25) is 0 Å². The Bertz CT molecular complexity index is 976. The Balaban J connectivity index is 1.62. The molecule has 0 saturated carbocycles. The Kier molecular flexibility index (Phi) is 7.33. The van der Waals surface area contributed by atoms with Gasteiger partial charge in [-0.1, -0.05) is 54.6 Å². The van der Waals surface area contributed by atoms with E-state index in [2.05, 4.69) is 10.6 Å². The van der Waals surface area contributed by atoms with Gasteiger partial charge in [-0.2, -0.15) is 0 Å². The van der Waals surface area contributed by atoms with E-state index in [1.165, 1.54) is 4.90 Å². The minimum atomic E-state index is -0.269. The highest BCUT2D eigenvalue weighted by atomic mass is 16.2. The van der Waals surface area contributed by atoms with Gasteiger partial charge >= 0.3 is 0 Å². The van der Waals surface area contributed by atoms with Crippen molar-refractivity contribution in [3.63, 3.8) is 0 Å². The van der Waals surface area contributed by atoms with Gasteiger partial charge in [0.05, 0.1) is 6.67 Å². The number of rotatable bonds is 8. The van der Waals surface area contributed by atoms with Crippen molar-refractivity contribution in [2.45, 2.75) is 0 Å². The molecule has 0 unspecified atom stereocenters. The summed E-state index contributed by atoms with van der Waals surface area (Å²) >= 11 is 0.